The third kappa shape index (κ3) is 0.884. The van der Waals surface area contributed by atoms with E-state index >= 15 is 0 Å². The van der Waals surface area contributed by atoms with Gasteiger partial charge >= 0.3 is 0 Å². The lowest BCUT2D eigenvalue weighted by atomic mass is 10.9. The van der Waals surface area contributed by atoms with Crippen molar-refractivity contribution in [3.63, 3.8) is 0 Å². The summed E-state index contributed by atoms with van der Waals surface area (Å²) in [4.78, 5) is 4.51. The Bertz CT molecular complexity index is 44.8. The molecule has 2 atom stereocenters. The molecule has 1 fully saturated rings. The van der Waals surface area contributed by atoms with Crippen LogP contribution >= 0.6 is 8.73 Å². The van der Waals surface area contributed by atoms with Crippen LogP contribution in [0.3, 0.4) is 0 Å². The Hall–Kier alpha value is 0.310. The van der Waals surface area contributed by atoms with E-state index in [1.165, 1.54) is 0 Å². The minimum absolute atomic E-state index is 0.0185. The molecular formula is C2H6NO2P. The van der Waals surface area contributed by atoms with Gasteiger partial charge in [-0.3, -0.25) is 0 Å². The molecule has 0 bridgehead atoms. The van der Waals surface area contributed by atoms with Crippen LogP contribution in [0.5, 0.6) is 0 Å². The van der Waals surface area contributed by atoms with E-state index in [-0.39, 0.29) is 5.00 Å². The van der Waals surface area contributed by atoms with Gasteiger partial charge in [-0.25, -0.2) is 9.83 Å². The van der Waals surface area contributed by atoms with Gasteiger partial charge in [-0.1, -0.05) is 0 Å². The van der Waals surface area contributed by atoms with Crippen molar-refractivity contribution in [1.29, 1.82) is 0 Å². The van der Waals surface area contributed by atoms with Crippen molar-refractivity contribution >= 4 is 8.73 Å². The fourth-order valence-electron chi connectivity index (χ4n) is 0.348. The second kappa shape index (κ2) is 1.85. The summed E-state index contributed by atoms with van der Waals surface area (Å²) in [5, 5.41) is 10.0. The Labute approximate surface area is 37.6 Å². The van der Waals surface area contributed by atoms with Gasteiger partial charge in [0, 0.05) is 6.16 Å². The Morgan fingerprint density at radius 2 is 2.67 bits per heavy atom. The molecule has 1 aliphatic heterocycles. The molecule has 36 valence electrons. The quantitative estimate of drug-likeness (QED) is 0.315. The van der Waals surface area contributed by atoms with Crippen LogP contribution in [0.2, 0.25) is 0 Å². The van der Waals surface area contributed by atoms with Gasteiger partial charge < -0.3 is 5.21 Å². The zero-order valence-electron chi connectivity index (χ0n) is 3.23. The van der Waals surface area contributed by atoms with Crippen molar-refractivity contribution in [3.8, 4) is 0 Å². The molecule has 0 aliphatic carbocycles. The number of rotatable bonds is 0. The largest absolute Gasteiger partial charge is 0.599 e. The molecule has 0 aromatic carbocycles. The normalized spacial score (nSPS) is 38.5. The lowest BCUT2D eigenvalue weighted by Crippen LogP contribution is -2.95. The monoisotopic (exact) mass is 107 g/mol. The van der Waals surface area contributed by atoms with Crippen molar-refractivity contribution in [2.75, 3.05) is 12.8 Å². The molecule has 2 unspecified atom stereocenters. The molecule has 0 radical (unpaired) electrons. The predicted octanol–water partition coefficient (Wildman–Crippen LogP) is -1.09. The minimum Gasteiger partial charge on any atom is -0.599 e. The summed E-state index contributed by atoms with van der Waals surface area (Å²) >= 11 is 0. The van der Waals surface area contributed by atoms with Crippen LogP contribution in [-0.4, -0.2) is 12.8 Å². The van der Waals surface area contributed by atoms with Gasteiger partial charge in [0.25, 0.3) is 0 Å². The van der Waals surface area contributed by atoms with E-state index in [9.17, 15) is 5.21 Å². The van der Waals surface area contributed by atoms with E-state index < -0.39 is 0 Å². The van der Waals surface area contributed by atoms with Gasteiger partial charge in [0.15, 0.2) is 0 Å². The SMILES string of the molecule is [O-][NH+]1OCCP1. The standard InChI is InChI=1S/C2H6NO2P/c4-3-5-1-2-6-3/h3,6H,1-2H2. The molecule has 0 spiro atoms. The lowest BCUT2D eigenvalue weighted by molar-refractivity contribution is -0.932. The number of hydrogen-bond acceptors (Lipinski definition) is 2. The molecule has 1 heterocycles. The summed E-state index contributed by atoms with van der Waals surface area (Å²) < 4.78 is 0. The lowest BCUT2D eigenvalue weighted by Gasteiger charge is -2.07. The molecule has 0 aromatic heterocycles. The average Bonchev–Trinajstić information content (AvgIpc) is 1.86. The van der Waals surface area contributed by atoms with Crippen LogP contribution in [0.4, 0.5) is 0 Å². The van der Waals surface area contributed by atoms with E-state index in [2.05, 4.69) is 4.84 Å². The number of nitrogens with one attached hydrogen (secondary N) is 1. The van der Waals surface area contributed by atoms with Crippen molar-refractivity contribution in [2.45, 2.75) is 0 Å². The number of quaternary nitrogens is 1. The van der Waals surface area contributed by atoms with Crippen LogP contribution in [0, 0.1) is 5.21 Å². The van der Waals surface area contributed by atoms with Crippen LogP contribution in [0.1, 0.15) is 0 Å². The zero-order valence-corrected chi connectivity index (χ0v) is 4.23. The summed E-state index contributed by atoms with van der Waals surface area (Å²) in [6, 6.07) is 0. The van der Waals surface area contributed by atoms with Crippen LogP contribution in [0.15, 0.2) is 0 Å². The van der Waals surface area contributed by atoms with Gasteiger partial charge in [0.2, 0.25) is 0 Å². The predicted molar refractivity (Wildman–Crippen MR) is 23.5 cm³/mol. The number of hydrogen-bond donors (Lipinski definition) is 1. The maximum absolute atomic E-state index is 10.0. The van der Waals surface area contributed by atoms with Crippen LogP contribution < -0.4 is 5.00 Å². The summed E-state index contributed by atoms with van der Waals surface area (Å²) in [5.74, 6) is 0. The molecule has 0 saturated carbocycles. The summed E-state index contributed by atoms with van der Waals surface area (Å²) in [6.45, 7) is 0.650. The van der Waals surface area contributed by atoms with Crippen LogP contribution in [-0.2, 0) is 4.84 Å². The third-order valence-electron chi connectivity index (χ3n) is 0.605. The van der Waals surface area contributed by atoms with Crippen LogP contribution in [0.25, 0.3) is 0 Å². The molecule has 1 aliphatic rings. The molecule has 0 aromatic rings. The van der Waals surface area contributed by atoms with Gasteiger partial charge in [-0.2, -0.15) is 0 Å². The summed E-state index contributed by atoms with van der Waals surface area (Å²) in [7, 11) is 0.421. The molecule has 0 amide bonds. The Kier molecular flexibility index (Phi) is 1.37. The maximum atomic E-state index is 10.0. The fourth-order valence-corrected chi connectivity index (χ4v) is 0.960. The Morgan fingerprint density at radius 3 is 2.83 bits per heavy atom. The Morgan fingerprint density at radius 1 is 1.83 bits per heavy atom. The van der Waals surface area contributed by atoms with Crippen molar-refractivity contribution in [1.82, 2.24) is 0 Å². The zero-order chi connectivity index (χ0) is 4.41. The molecular weight excluding hydrogens is 101 g/mol. The molecule has 6 heavy (non-hydrogen) atoms. The maximum Gasteiger partial charge on any atom is 0.124 e. The Balaban J connectivity index is 2.18. The highest BCUT2D eigenvalue weighted by Crippen LogP contribution is 1.99. The summed E-state index contributed by atoms with van der Waals surface area (Å²) in [5.41, 5.74) is 0. The third-order valence-corrected chi connectivity index (χ3v) is 1.49. The molecule has 1 saturated heterocycles. The first-order chi connectivity index (χ1) is 2.89. The smallest absolute Gasteiger partial charge is 0.124 e. The van der Waals surface area contributed by atoms with Gasteiger partial charge in [0.1, 0.15) is 15.3 Å². The van der Waals surface area contributed by atoms with Crippen molar-refractivity contribution in [3.05, 3.63) is 5.21 Å². The highest BCUT2D eigenvalue weighted by Gasteiger charge is 2.06. The highest BCUT2D eigenvalue weighted by molar-refractivity contribution is 7.30. The second-order valence-corrected chi connectivity index (χ2v) is 2.32. The highest BCUT2D eigenvalue weighted by atomic mass is 31.1. The first-order valence-corrected chi connectivity index (χ1v) is 3.01. The van der Waals surface area contributed by atoms with E-state index in [4.69, 9.17) is 0 Å². The molecule has 3 nitrogen and oxygen atoms in total. The van der Waals surface area contributed by atoms with E-state index in [0.29, 0.717) is 15.3 Å². The molecule has 1 rings (SSSR count). The van der Waals surface area contributed by atoms with E-state index in [1.807, 2.05) is 0 Å². The first kappa shape index (κ1) is 4.47. The van der Waals surface area contributed by atoms with Gasteiger partial charge in [0.05, 0.1) is 0 Å². The van der Waals surface area contributed by atoms with E-state index in [0.717, 1.165) is 6.16 Å². The summed E-state index contributed by atoms with van der Waals surface area (Å²) in [6.07, 6.45) is 0.943. The minimum atomic E-state index is -0.0185. The molecule has 1 N–H and O–H groups in total. The van der Waals surface area contributed by atoms with Gasteiger partial charge in [-0.05, 0) is 0 Å². The first-order valence-electron chi connectivity index (χ1n) is 1.80. The molecule has 4 heteroatoms. The topological polar surface area (TPSA) is 36.7 Å². The van der Waals surface area contributed by atoms with Crippen molar-refractivity contribution in [2.24, 2.45) is 0 Å². The average molecular weight is 107 g/mol. The fraction of sp³-hybridized carbons (Fsp3) is 1.00. The van der Waals surface area contributed by atoms with Crippen molar-refractivity contribution < 1.29 is 9.83 Å². The second-order valence-electron chi connectivity index (χ2n) is 1.06. The van der Waals surface area contributed by atoms with E-state index in [1.54, 1.807) is 0 Å². The van der Waals surface area contributed by atoms with Gasteiger partial charge in [-0.15, -0.1) is 0 Å².